The van der Waals surface area contributed by atoms with Gasteiger partial charge in [-0.1, -0.05) is 0 Å². The number of carbonyl (C=O) groups excluding carboxylic acids is 2. The van der Waals surface area contributed by atoms with E-state index in [1.807, 2.05) is 23.6 Å². The molecule has 1 saturated heterocycles. The summed E-state index contributed by atoms with van der Waals surface area (Å²) < 4.78 is 0. The first-order chi connectivity index (χ1) is 15.4. The molecule has 2 aliphatic heterocycles. The van der Waals surface area contributed by atoms with Gasteiger partial charge in [0.2, 0.25) is 11.9 Å². The molecule has 2 aromatic rings. The van der Waals surface area contributed by atoms with Crippen molar-refractivity contribution < 1.29 is 9.59 Å². The molecule has 32 heavy (non-hydrogen) atoms. The second kappa shape index (κ2) is 8.07. The number of nitrogens with zero attached hydrogens (tertiary/aromatic N) is 6. The van der Waals surface area contributed by atoms with E-state index in [-0.39, 0.29) is 17.9 Å². The number of aromatic amines is 1. The molecule has 4 heterocycles. The first kappa shape index (κ1) is 20.7. The Labute approximate surface area is 187 Å². The van der Waals surface area contributed by atoms with E-state index in [2.05, 4.69) is 31.5 Å². The normalized spacial score (nSPS) is 18.5. The van der Waals surface area contributed by atoms with E-state index >= 15 is 0 Å². The van der Waals surface area contributed by atoms with Crippen LogP contribution < -0.4 is 10.2 Å². The van der Waals surface area contributed by atoms with Crippen molar-refractivity contribution in [2.45, 2.75) is 58.7 Å². The van der Waals surface area contributed by atoms with Crippen molar-refractivity contribution in [2.24, 2.45) is 0 Å². The number of hydrogen-bond donors (Lipinski definition) is 2. The Morgan fingerprint density at radius 2 is 1.97 bits per heavy atom. The maximum atomic E-state index is 13.0. The zero-order chi connectivity index (χ0) is 22.4. The standard InChI is InChI=1S/C22H30N8O2/c1-13(2)30-12-17-19(21(30)32)24-22(29-8-6-28(7-9-29)14(3)31)25-20(17)23-11-16-10-18(27-26-16)15-4-5-15/h10,13,15H,4-9,11-12H2,1-3H3,(H,26,27)(H,23,24,25). The van der Waals surface area contributed by atoms with E-state index in [1.165, 1.54) is 12.8 Å². The molecule has 0 bridgehead atoms. The van der Waals surface area contributed by atoms with E-state index in [9.17, 15) is 9.59 Å². The van der Waals surface area contributed by atoms with Crippen LogP contribution in [0.1, 0.15) is 67.0 Å². The van der Waals surface area contributed by atoms with Crippen molar-refractivity contribution in [1.82, 2.24) is 30.0 Å². The minimum absolute atomic E-state index is 0.0540. The van der Waals surface area contributed by atoms with Gasteiger partial charge in [0.15, 0.2) is 0 Å². The number of fused-ring (bicyclic) bond motifs is 1. The molecular formula is C22H30N8O2. The molecule has 5 rings (SSSR count). The summed E-state index contributed by atoms with van der Waals surface area (Å²) in [6.07, 6.45) is 2.43. The number of carbonyl (C=O) groups is 2. The first-order valence-electron chi connectivity index (χ1n) is 11.4. The zero-order valence-corrected chi connectivity index (χ0v) is 18.9. The molecule has 2 N–H and O–H groups in total. The third kappa shape index (κ3) is 3.89. The van der Waals surface area contributed by atoms with Crippen molar-refractivity contribution in [3.63, 3.8) is 0 Å². The highest BCUT2D eigenvalue weighted by molar-refractivity contribution is 5.98. The quantitative estimate of drug-likeness (QED) is 0.707. The van der Waals surface area contributed by atoms with Gasteiger partial charge in [-0.2, -0.15) is 10.1 Å². The number of H-pyrrole nitrogens is 1. The topological polar surface area (TPSA) is 110 Å². The molecule has 10 heteroatoms. The molecule has 1 saturated carbocycles. The summed E-state index contributed by atoms with van der Waals surface area (Å²) in [5.41, 5.74) is 3.45. The molecule has 0 unspecified atom stereocenters. The van der Waals surface area contributed by atoms with E-state index in [0.29, 0.717) is 62.6 Å². The van der Waals surface area contributed by atoms with Crippen molar-refractivity contribution in [3.8, 4) is 0 Å². The minimum Gasteiger partial charge on any atom is -0.364 e. The highest BCUT2D eigenvalue weighted by atomic mass is 16.2. The Kier molecular flexibility index (Phi) is 5.22. The van der Waals surface area contributed by atoms with Gasteiger partial charge in [-0.3, -0.25) is 14.7 Å². The van der Waals surface area contributed by atoms with Crippen LogP contribution in [0.15, 0.2) is 6.07 Å². The van der Waals surface area contributed by atoms with Crippen LogP contribution in [0.2, 0.25) is 0 Å². The lowest BCUT2D eigenvalue weighted by Crippen LogP contribution is -2.48. The fourth-order valence-corrected chi connectivity index (χ4v) is 4.34. The maximum absolute atomic E-state index is 13.0. The van der Waals surface area contributed by atoms with E-state index < -0.39 is 0 Å². The first-order valence-corrected chi connectivity index (χ1v) is 11.4. The molecule has 3 aliphatic rings. The summed E-state index contributed by atoms with van der Waals surface area (Å²) in [5, 5.41) is 11.0. The van der Waals surface area contributed by atoms with Crippen LogP contribution in [-0.2, 0) is 17.9 Å². The zero-order valence-electron chi connectivity index (χ0n) is 18.9. The SMILES string of the molecule is CC(=O)N1CCN(c2nc(NCc3cc(C4CC4)n[nH]3)c3c(n2)C(=O)N(C(C)C)C3)CC1. The molecule has 0 radical (unpaired) electrons. The average Bonchev–Trinajstić information content (AvgIpc) is 3.43. The summed E-state index contributed by atoms with van der Waals surface area (Å²) in [6, 6.07) is 2.19. The van der Waals surface area contributed by atoms with E-state index in [1.54, 1.807) is 6.92 Å². The maximum Gasteiger partial charge on any atom is 0.273 e. The second-order valence-corrected chi connectivity index (χ2v) is 9.17. The van der Waals surface area contributed by atoms with Crippen LogP contribution in [0.4, 0.5) is 11.8 Å². The largest absolute Gasteiger partial charge is 0.364 e. The van der Waals surface area contributed by atoms with Gasteiger partial charge in [0, 0.05) is 50.6 Å². The molecule has 0 atom stereocenters. The molecule has 0 spiro atoms. The van der Waals surface area contributed by atoms with Crippen molar-refractivity contribution in [3.05, 3.63) is 28.7 Å². The van der Waals surface area contributed by atoms with Gasteiger partial charge < -0.3 is 20.0 Å². The van der Waals surface area contributed by atoms with Gasteiger partial charge in [0.25, 0.3) is 5.91 Å². The number of amides is 2. The molecule has 2 aromatic heterocycles. The molecule has 2 fully saturated rings. The lowest BCUT2D eigenvalue weighted by Gasteiger charge is -2.34. The monoisotopic (exact) mass is 438 g/mol. The van der Waals surface area contributed by atoms with Crippen molar-refractivity contribution in [1.29, 1.82) is 0 Å². The smallest absolute Gasteiger partial charge is 0.273 e. The Morgan fingerprint density at radius 1 is 1.22 bits per heavy atom. The van der Waals surface area contributed by atoms with Gasteiger partial charge in [-0.25, -0.2) is 4.98 Å². The molecule has 170 valence electrons. The Bertz CT molecular complexity index is 1040. The predicted octanol–water partition coefficient (Wildman–Crippen LogP) is 1.72. The molecule has 2 amide bonds. The minimum atomic E-state index is -0.0540. The van der Waals surface area contributed by atoms with Crippen LogP contribution in [0.5, 0.6) is 0 Å². The summed E-state index contributed by atoms with van der Waals surface area (Å²) in [6.45, 7) is 9.21. The number of aromatic nitrogens is 4. The van der Waals surface area contributed by atoms with Gasteiger partial charge in [-0.15, -0.1) is 0 Å². The van der Waals surface area contributed by atoms with Crippen LogP contribution in [0, 0.1) is 0 Å². The van der Waals surface area contributed by atoms with Crippen molar-refractivity contribution in [2.75, 3.05) is 36.4 Å². The third-order valence-corrected chi connectivity index (χ3v) is 6.51. The molecule has 0 aromatic carbocycles. The highest BCUT2D eigenvalue weighted by Gasteiger charge is 2.35. The Morgan fingerprint density at radius 3 is 2.62 bits per heavy atom. The van der Waals surface area contributed by atoms with E-state index in [0.717, 1.165) is 17.0 Å². The average molecular weight is 439 g/mol. The van der Waals surface area contributed by atoms with Gasteiger partial charge in [0.1, 0.15) is 11.5 Å². The summed E-state index contributed by atoms with van der Waals surface area (Å²) in [7, 11) is 0. The molecule has 1 aliphatic carbocycles. The number of rotatable bonds is 6. The van der Waals surface area contributed by atoms with Crippen LogP contribution in [0.25, 0.3) is 0 Å². The number of anilines is 2. The van der Waals surface area contributed by atoms with Crippen LogP contribution >= 0.6 is 0 Å². The summed E-state index contributed by atoms with van der Waals surface area (Å²) >= 11 is 0. The molecule has 10 nitrogen and oxygen atoms in total. The predicted molar refractivity (Wildman–Crippen MR) is 119 cm³/mol. The molecular weight excluding hydrogens is 408 g/mol. The highest BCUT2D eigenvalue weighted by Crippen LogP contribution is 2.39. The number of hydrogen-bond acceptors (Lipinski definition) is 7. The Balaban J connectivity index is 1.40. The summed E-state index contributed by atoms with van der Waals surface area (Å²) in [4.78, 5) is 39.9. The fourth-order valence-electron chi connectivity index (χ4n) is 4.34. The number of nitrogens with one attached hydrogen (secondary N) is 2. The second-order valence-electron chi connectivity index (χ2n) is 9.17. The fraction of sp³-hybridized carbons (Fsp3) is 0.591. The van der Waals surface area contributed by atoms with E-state index in [4.69, 9.17) is 4.98 Å². The lowest BCUT2D eigenvalue weighted by atomic mass is 10.2. The van der Waals surface area contributed by atoms with Crippen LogP contribution in [0.3, 0.4) is 0 Å². The number of piperazine rings is 1. The van der Waals surface area contributed by atoms with Crippen molar-refractivity contribution >= 4 is 23.6 Å². The van der Waals surface area contributed by atoms with Gasteiger partial charge in [0.05, 0.1) is 24.5 Å². The lowest BCUT2D eigenvalue weighted by molar-refractivity contribution is -0.129. The third-order valence-electron chi connectivity index (χ3n) is 6.51. The Hall–Kier alpha value is -3.17. The summed E-state index contributed by atoms with van der Waals surface area (Å²) in [5.74, 6) is 1.85. The van der Waals surface area contributed by atoms with Gasteiger partial charge >= 0.3 is 0 Å². The van der Waals surface area contributed by atoms with Crippen LogP contribution in [-0.4, -0.2) is 74.0 Å². The van der Waals surface area contributed by atoms with Gasteiger partial charge in [-0.05, 0) is 32.8 Å².